The summed E-state index contributed by atoms with van der Waals surface area (Å²) in [5.74, 6) is 9.89. The Bertz CT molecular complexity index is 162. The van der Waals surface area contributed by atoms with Crippen molar-refractivity contribution in [2.24, 2.45) is 29.5 Å². The van der Waals surface area contributed by atoms with E-state index in [2.05, 4.69) is 0 Å². The van der Waals surface area contributed by atoms with Crippen LogP contribution in [-0.2, 0) is 0 Å². The Hall–Kier alpha value is -0.0800. The van der Waals surface area contributed by atoms with Gasteiger partial charge in [0.15, 0.2) is 0 Å². The van der Waals surface area contributed by atoms with Crippen LogP contribution in [0.1, 0.15) is 19.3 Å². The molecule has 2 nitrogen and oxygen atoms in total. The molecule has 0 aromatic carbocycles. The molecule has 1 aliphatic heterocycles. The van der Waals surface area contributed by atoms with Crippen molar-refractivity contribution >= 4 is 0 Å². The first kappa shape index (κ1) is 6.44. The van der Waals surface area contributed by atoms with Gasteiger partial charge in [-0.05, 0) is 42.9 Å². The summed E-state index contributed by atoms with van der Waals surface area (Å²) < 4.78 is 0. The van der Waals surface area contributed by atoms with E-state index in [-0.39, 0.29) is 0 Å². The van der Waals surface area contributed by atoms with Gasteiger partial charge in [0.2, 0.25) is 0 Å². The fourth-order valence-electron chi connectivity index (χ4n) is 3.71. The zero-order chi connectivity index (χ0) is 7.42. The number of hydrogen-bond acceptors (Lipinski definition) is 2. The highest BCUT2D eigenvalue weighted by atomic mass is 15.4. The van der Waals surface area contributed by atoms with E-state index in [0.29, 0.717) is 0 Å². The van der Waals surface area contributed by atoms with Crippen molar-refractivity contribution in [1.82, 2.24) is 5.01 Å². The Kier molecular flexibility index (Phi) is 1.16. The van der Waals surface area contributed by atoms with Crippen molar-refractivity contribution in [2.75, 3.05) is 13.1 Å². The van der Waals surface area contributed by atoms with Crippen LogP contribution in [0.15, 0.2) is 0 Å². The Morgan fingerprint density at radius 3 is 2.09 bits per heavy atom. The minimum Gasteiger partial charge on any atom is -0.269 e. The Balaban J connectivity index is 1.87. The van der Waals surface area contributed by atoms with Gasteiger partial charge in [-0.2, -0.15) is 0 Å². The predicted molar refractivity (Wildman–Crippen MR) is 43.6 cm³/mol. The minimum absolute atomic E-state index is 0.985. The first-order valence-electron chi connectivity index (χ1n) is 4.84. The van der Waals surface area contributed by atoms with Gasteiger partial charge in [0.25, 0.3) is 0 Å². The lowest BCUT2D eigenvalue weighted by atomic mass is 9.82. The average Bonchev–Trinajstić information content (AvgIpc) is 2.53. The maximum absolute atomic E-state index is 5.81. The normalized spacial score (nSPS) is 55.4. The van der Waals surface area contributed by atoms with Gasteiger partial charge in [0.1, 0.15) is 0 Å². The Morgan fingerprint density at radius 2 is 1.55 bits per heavy atom. The second-order valence-electron chi connectivity index (χ2n) is 4.61. The predicted octanol–water partition coefficient (Wildman–Crippen LogP) is 0.838. The molecule has 3 fully saturated rings. The van der Waals surface area contributed by atoms with Gasteiger partial charge in [-0.3, -0.25) is 5.84 Å². The van der Waals surface area contributed by atoms with E-state index in [9.17, 15) is 0 Å². The minimum atomic E-state index is 0.985. The van der Waals surface area contributed by atoms with E-state index in [1.54, 1.807) is 0 Å². The monoisotopic (exact) mass is 152 g/mol. The van der Waals surface area contributed by atoms with Crippen LogP contribution in [0.5, 0.6) is 0 Å². The molecule has 2 bridgehead atoms. The molecule has 0 aromatic rings. The number of hydrogen-bond donors (Lipinski definition) is 1. The zero-order valence-electron chi connectivity index (χ0n) is 6.87. The molecule has 4 unspecified atom stereocenters. The van der Waals surface area contributed by atoms with Crippen LogP contribution in [0, 0.1) is 23.7 Å². The summed E-state index contributed by atoms with van der Waals surface area (Å²) in [6.45, 7) is 2.37. The summed E-state index contributed by atoms with van der Waals surface area (Å²) in [7, 11) is 0. The number of nitrogens with zero attached hydrogens (tertiary/aromatic N) is 1. The molecule has 0 amide bonds. The SMILES string of the molecule is NN1CC2C3CCC(C3)C2C1. The molecule has 62 valence electrons. The molecule has 0 spiro atoms. The van der Waals surface area contributed by atoms with Crippen LogP contribution in [0.2, 0.25) is 0 Å². The van der Waals surface area contributed by atoms with E-state index in [0.717, 1.165) is 23.7 Å². The maximum Gasteiger partial charge on any atom is 0.0162 e. The molecule has 1 saturated heterocycles. The topological polar surface area (TPSA) is 29.3 Å². The van der Waals surface area contributed by atoms with E-state index >= 15 is 0 Å². The molecule has 0 aromatic heterocycles. The molecule has 1 heterocycles. The van der Waals surface area contributed by atoms with Crippen LogP contribution >= 0.6 is 0 Å². The first-order chi connectivity index (χ1) is 5.34. The second-order valence-corrected chi connectivity index (χ2v) is 4.61. The van der Waals surface area contributed by atoms with Gasteiger partial charge in [0.05, 0.1) is 0 Å². The van der Waals surface area contributed by atoms with Gasteiger partial charge in [0, 0.05) is 13.1 Å². The Morgan fingerprint density at radius 1 is 1.00 bits per heavy atom. The van der Waals surface area contributed by atoms with Crippen molar-refractivity contribution < 1.29 is 0 Å². The van der Waals surface area contributed by atoms with E-state index in [1.165, 1.54) is 32.4 Å². The fourth-order valence-corrected chi connectivity index (χ4v) is 3.71. The van der Waals surface area contributed by atoms with Crippen molar-refractivity contribution in [3.63, 3.8) is 0 Å². The average molecular weight is 152 g/mol. The second kappa shape index (κ2) is 1.99. The smallest absolute Gasteiger partial charge is 0.0162 e. The zero-order valence-corrected chi connectivity index (χ0v) is 6.87. The Labute approximate surface area is 67.7 Å². The van der Waals surface area contributed by atoms with Crippen LogP contribution < -0.4 is 5.84 Å². The van der Waals surface area contributed by atoms with Crippen LogP contribution in [0.3, 0.4) is 0 Å². The lowest BCUT2D eigenvalue weighted by molar-refractivity contribution is 0.281. The van der Waals surface area contributed by atoms with Crippen molar-refractivity contribution in [3.05, 3.63) is 0 Å². The molecule has 11 heavy (non-hydrogen) atoms. The van der Waals surface area contributed by atoms with Crippen molar-refractivity contribution in [1.29, 1.82) is 0 Å². The summed E-state index contributed by atoms with van der Waals surface area (Å²) in [4.78, 5) is 0. The highest BCUT2D eigenvalue weighted by Crippen LogP contribution is 2.54. The quantitative estimate of drug-likeness (QED) is 0.521. The molecule has 4 atom stereocenters. The third-order valence-electron chi connectivity index (χ3n) is 4.17. The standard InChI is InChI=1S/C9H16N2/c10-11-4-8-6-1-2-7(3-6)9(8)5-11/h6-9H,1-5,10H2. The molecule has 2 N–H and O–H groups in total. The van der Waals surface area contributed by atoms with Crippen LogP contribution in [0.25, 0.3) is 0 Å². The third kappa shape index (κ3) is 0.744. The van der Waals surface area contributed by atoms with Gasteiger partial charge < -0.3 is 0 Å². The van der Waals surface area contributed by atoms with Gasteiger partial charge in [-0.1, -0.05) is 0 Å². The van der Waals surface area contributed by atoms with Gasteiger partial charge in [-0.25, -0.2) is 5.01 Å². The summed E-state index contributed by atoms with van der Waals surface area (Å²) in [6, 6.07) is 0. The van der Waals surface area contributed by atoms with Crippen LogP contribution in [0.4, 0.5) is 0 Å². The maximum atomic E-state index is 5.81. The van der Waals surface area contributed by atoms with E-state index in [1.807, 2.05) is 5.01 Å². The molecule has 0 radical (unpaired) electrons. The largest absolute Gasteiger partial charge is 0.269 e. The fraction of sp³-hybridized carbons (Fsp3) is 1.00. The molecule has 2 heteroatoms. The molecular formula is C9H16N2. The molecule has 3 rings (SSSR count). The lowest BCUT2D eigenvalue weighted by Gasteiger charge is -2.22. The van der Waals surface area contributed by atoms with Crippen molar-refractivity contribution in [3.8, 4) is 0 Å². The molecular weight excluding hydrogens is 136 g/mol. The number of rotatable bonds is 0. The number of fused-ring (bicyclic) bond motifs is 5. The third-order valence-corrected chi connectivity index (χ3v) is 4.17. The summed E-state index contributed by atoms with van der Waals surface area (Å²) in [6.07, 6.45) is 4.53. The molecule has 2 saturated carbocycles. The van der Waals surface area contributed by atoms with E-state index < -0.39 is 0 Å². The molecule has 3 aliphatic rings. The summed E-state index contributed by atoms with van der Waals surface area (Å²) >= 11 is 0. The van der Waals surface area contributed by atoms with Gasteiger partial charge in [-0.15, -0.1) is 0 Å². The summed E-state index contributed by atoms with van der Waals surface area (Å²) in [5, 5.41) is 2.04. The first-order valence-corrected chi connectivity index (χ1v) is 4.84. The van der Waals surface area contributed by atoms with E-state index in [4.69, 9.17) is 5.84 Å². The lowest BCUT2D eigenvalue weighted by Crippen LogP contribution is -2.29. The highest BCUT2D eigenvalue weighted by Gasteiger charge is 2.50. The van der Waals surface area contributed by atoms with Gasteiger partial charge >= 0.3 is 0 Å². The van der Waals surface area contributed by atoms with Crippen LogP contribution in [-0.4, -0.2) is 18.1 Å². The highest BCUT2D eigenvalue weighted by molar-refractivity contribution is 5.01. The number of hydrazine groups is 1. The molecule has 2 aliphatic carbocycles. The van der Waals surface area contributed by atoms with Crippen molar-refractivity contribution in [2.45, 2.75) is 19.3 Å². The summed E-state index contributed by atoms with van der Waals surface area (Å²) in [5.41, 5.74) is 0. The number of nitrogens with two attached hydrogens (primary N) is 1.